The lowest BCUT2D eigenvalue weighted by Crippen LogP contribution is -2.32. The van der Waals surface area contributed by atoms with E-state index in [0.29, 0.717) is 11.1 Å². The van der Waals surface area contributed by atoms with Crippen molar-refractivity contribution in [2.24, 2.45) is 0 Å². The van der Waals surface area contributed by atoms with E-state index in [1.54, 1.807) is 12.1 Å². The molecule has 0 amide bonds. The molecule has 0 aliphatic carbocycles. The van der Waals surface area contributed by atoms with Crippen molar-refractivity contribution in [3.05, 3.63) is 32.9 Å². The Kier molecular flexibility index (Phi) is 3.67. The molecule has 1 heterocycles. The quantitative estimate of drug-likeness (QED) is 0.610. The first-order valence-electron chi connectivity index (χ1n) is 5.02. The molecule has 17 heavy (non-hydrogen) atoms. The Balaban J connectivity index is 2.28. The van der Waals surface area contributed by atoms with Gasteiger partial charge in [-0.3, -0.25) is 4.79 Å². The van der Waals surface area contributed by atoms with E-state index in [9.17, 15) is 15.0 Å². The van der Waals surface area contributed by atoms with Crippen LogP contribution < -0.4 is 0 Å². The van der Waals surface area contributed by atoms with Crippen LogP contribution in [0.3, 0.4) is 0 Å². The van der Waals surface area contributed by atoms with Gasteiger partial charge in [0.2, 0.25) is 0 Å². The van der Waals surface area contributed by atoms with Crippen LogP contribution in [-0.4, -0.2) is 34.7 Å². The maximum absolute atomic E-state index is 11.2. The molecule has 0 bridgehead atoms. The number of hydrogen-bond acceptors (Lipinski definition) is 5. The van der Waals surface area contributed by atoms with E-state index in [-0.39, 0.29) is 6.54 Å². The van der Waals surface area contributed by atoms with Crippen LogP contribution in [0.2, 0.25) is 0 Å². The van der Waals surface area contributed by atoms with Crippen molar-refractivity contribution < 1.29 is 19.7 Å². The summed E-state index contributed by atoms with van der Waals surface area (Å²) in [6, 6.07) is 5.39. The number of halogens is 1. The Hall–Kier alpha value is -0.700. The molecule has 0 saturated heterocycles. The van der Waals surface area contributed by atoms with Gasteiger partial charge in [-0.05, 0) is 34.7 Å². The first-order chi connectivity index (χ1) is 8.04. The normalized spacial score (nSPS) is 23.5. The third-order valence-corrected chi connectivity index (χ3v) is 3.44. The maximum atomic E-state index is 11.2. The largest absolute Gasteiger partial charge is 0.468 e. The van der Waals surface area contributed by atoms with Gasteiger partial charge in [0, 0.05) is 14.7 Å². The molecule has 2 rings (SSSR count). The molecule has 1 aromatic rings. The van der Waals surface area contributed by atoms with Gasteiger partial charge in [0.1, 0.15) is 19.0 Å². The SMILES string of the molecule is COC(=O)CN1C(O)c2ccc(I)cc2C1O. The first kappa shape index (κ1) is 12.7. The number of fused-ring (bicyclic) bond motifs is 1. The van der Waals surface area contributed by atoms with Crippen molar-refractivity contribution in [2.75, 3.05) is 13.7 Å². The minimum atomic E-state index is -0.978. The molecule has 6 heteroatoms. The lowest BCUT2D eigenvalue weighted by Gasteiger charge is -2.22. The lowest BCUT2D eigenvalue weighted by molar-refractivity contribution is -0.152. The van der Waals surface area contributed by atoms with Gasteiger partial charge < -0.3 is 14.9 Å². The number of rotatable bonds is 2. The highest BCUT2D eigenvalue weighted by Gasteiger charge is 2.37. The molecule has 1 aliphatic rings. The van der Waals surface area contributed by atoms with Crippen molar-refractivity contribution in [3.63, 3.8) is 0 Å². The number of carbonyl (C=O) groups is 1. The first-order valence-corrected chi connectivity index (χ1v) is 6.10. The van der Waals surface area contributed by atoms with Gasteiger partial charge in [-0.15, -0.1) is 0 Å². The number of methoxy groups -OCH3 is 1. The summed E-state index contributed by atoms with van der Waals surface area (Å²) in [5.74, 6) is -0.495. The molecule has 0 spiro atoms. The Bertz CT molecular complexity index is 451. The number of esters is 1. The van der Waals surface area contributed by atoms with E-state index in [4.69, 9.17) is 0 Å². The van der Waals surface area contributed by atoms with Gasteiger partial charge in [-0.25, -0.2) is 4.90 Å². The standard InChI is InChI=1S/C11H12INO4/c1-17-9(14)5-13-10(15)7-3-2-6(12)4-8(7)11(13)16/h2-4,10-11,15-16H,5H2,1H3. The van der Waals surface area contributed by atoms with Crippen molar-refractivity contribution in [1.82, 2.24) is 4.90 Å². The molecule has 2 N–H and O–H groups in total. The minimum absolute atomic E-state index is 0.149. The van der Waals surface area contributed by atoms with E-state index in [1.807, 2.05) is 6.07 Å². The van der Waals surface area contributed by atoms with Crippen LogP contribution in [0.4, 0.5) is 0 Å². The second-order valence-electron chi connectivity index (χ2n) is 3.77. The summed E-state index contributed by atoms with van der Waals surface area (Å²) in [6.45, 7) is -0.149. The summed E-state index contributed by atoms with van der Waals surface area (Å²) < 4.78 is 5.49. The molecule has 2 unspecified atom stereocenters. The molecule has 2 atom stereocenters. The fourth-order valence-electron chi connectivity index (χ4n) is 1.88. The fraction of sp³-hybridized carbons (Fsp3) is 0.364. The molecule has 5 nitrogen and oxygen atoms in total. The Morgan fingerprint density at radius 1 is 1.41 bits per heavy atom. The predicted octanol–water partition coefficient (Wildman–Crippen LogP) is 0.762. The van der Waals surface area contributed by atoms with E-state index in [1.165, 1.54) is 12.0 Å². The summed E-state index contributed by atoms with van der Waals surface area (Å²) in [6.07, 6.45) is -1.95. The smallest absolute Gasteiger partial charge is 0.320 e. The number of benzene rings is 1. The van der Waals surface area contributed by atoms with Gasteiger partial charge >= 0.3 is 5.97 Å². The number of carbonyl (C=O) groups excluding carboxylic acids is 1. The molecule has 1 aliphatic heterocycles. The van der Waals surface area contributed by atoms with E-state index < -0.39 is 18.4 Å². The number of aliphatic hydroxyl groups is 2. The van der Waals surface area contributed by atoms with Crippen LogP contribution >= 0.6 is 22.6 Å². The average molecular weight is 349 g/mol. The Morgan fingerprint density at radius 2 is 2.06 bits per heavy atom. The number of hydrogen-bond donors (Lipinski definition) is 2. The van der Waals surface area contributed by atoms with Gasteiger partial charge in [-0.1, -0.05) is 6.07 Å². The van der Waals surface area contributed by atoms with Crippen molar-refractivity contribution >= 4 is 28.6 Å². The highest BCUT2D eigenvalue weighted by Crippen LogP contribution is 2.39. The predicted molar refractivity (Wildman–Crippen MR) is 67.8 cm³/mol. The second kappa shape index (κ2) is 4.89. The molecule has 0 aromatic heterocycles. The highest BCUT2D eigenvalue weighted by atomic mass is 127. The Morgan fingerprint density at radius 3 is 2.71 bits per heavy atom. The van der Waals surface area contributed by atoms with Gasteiger partial charge in [-0.2, -0.15) is 0 Å². The molecule has 0 fully saturated rings. The molecule has 0 radical (unpaired) electrons. The maximum Gasteiger partial charge on any atom is 0.320 e. The summed E-state index contributed by atoms with van der Waals surface area (Å²) in [4.78, 5) is 12.5. The molecule has 0 saturated carbocycles. The minimum Gasteiger partial charge on any atom is -0.468 e. The van der Waals surface area contributed by atoms with Crippen molar-refractivity contribution in [3.8, 4) is 0 Å². The van der Waals surface area contributed by atoms with Crippen LogP contribution in [-0.2, 0) is 9.53 Å². The van der Waals surface area contributed by atoms with Crippen LogP contribution in [0.15, 0.2) is 18.2 Å². The summed E-state index contributed by atoms with van der Waals surface area (Å²) >= 11 is 2.13. The van der Waals surface area contributed by atoms with E-state index in [2.05, 4.69) is 27.3 Å². The van der Waals surface area contributed by atoms with Gasteiger partial charge in [0.15, 0.2) is 0 Å². The summed E-state index contributed by atoms with van der Waals surface area (Å²) in [5.41, 5.74) is 1.26. The lowest BCUT2D eigenvalue weighted by atomic mass is 10.1. The van der Waals surface area contributed by atoms with Crippen LogP contribution in [0.1, 0.15) is 23.6 Å². The van der Waals surface area contributed by atoms with Crippen molar-refractivity contribution in [2.45, 2.75) is 12.5 Å². The average Bonchev–Trinajstić information content (AvgIpc) is 2.54. The third-order valence-electron chi connectivity index (χ3n) is 2.77. The highest BCUT2D eigenvalue weighted by molar-refractivity contribution is 14.1. The topological polar surface area (TPSA) is 70.0 Å². The second-order valence-corrected chi connectivity index (χ2v) is 5.01. The molecular weight excluding hydrogens is 337 g/mol. The zero-order valence-electron chi connectivity index (χ0n) is 9.13. The zero-order chi connectivity index (χ0) is 12.6. The van der Waals surface area contributed by atoms with Crippen LogP contribution in [0.25, 0.3) is 0 Å². The van der Waals surface area contributed by atoms with E-state index >= 15 is 0 Å². The van der Waals surface area contributed by atoms with Gasteiger partial charge in [0.05, 0.1) is 7.11 Å². The van der Waals surface area contributed by atoms with Crippen molar-refractivity contribution in [1.29, 1.82) is 0 Å². The van der Waals surface area contributed by atoms with E-state index in [0.717, 1.165) is 3.57 Å². The molecule has 1 aromatic carbocycles. The summed E-state index contributed by atoms with van der Waals surface area (Å²) in [5, 5.41) is 20.0. The van der Waals surface area contributed by atoms with Crippen LogP contribution in [0, 0.1) is 3.57 Å². The number of nitrogens with zero attached hydrogens (tertiary/aromatic N) is 1. The summed E-state index contributed by atoms with van der Waals surface area (Å²) in [7, 11) is 1.27. The van der Waals surface area contributed by atoms with Crippen LogP contribution in [0.5, 0.6) is 0 Å². The molecular formula is C11H12INO4. The monoisotopic (exact) mass is 349 g/mol. The fourth-order valence-corrected chi connectivity index (χ4v) is 2.40. The Labute approximate surface area is 112 Å². The zero-order valence-corrected chi connectivity index (χ0v) is 11.3. The molecule has 92 valence electrons. The number of ether oxygens (including phenoxy) is 1. The third kappa shape index (κ3) is 2.30. The number of aliphatic hydroxyl groups excluding tert-OH is 2. The van der Waals surface area contributed by atoms with Gasteiger partial charge in [0.25, 0.3) is 0 Å².